The van der Waals surface area contributed by atoms with Crippen LogP contribution >= 0.6 is 12.2 Å². The van der Waals surface area contributed by atoms with E-state index in [2.05, 4.69) is 31.2 Å². The molecule has 0 aliphatic carbocycles. The SMILES string of the molecule is Cc1ccc(CCN(N)C(N)=S)cc1. The zero-order chi connectivity index (χ0) is 10.6. The van der Waals surface area contributed by atoms with Gasteiger partial charge in [0.15, 0.2) is 5.11 Å². The van der Waals surface area contributed by atoms with Crippen molar-refractivity contribution in [1.82, 2.24) is 5.01 Å². The fraction of sp³-hybridized carbons (Fsp3) is 0.300. The molecule has 0 aliphatic rings. The van der Waals surface area contributed by atoms with Gasteiger partial charge in [-0.3, -0.25) is 5.01 Å². The molecule has 0 unspecified atom stereocenters. The molecule has 4 heteroatoms. The third-order valence-electron chi connectivity index (χ3n) is 2.05. The lowest BCUT2D eigenvalue weighted by Gasteiger charge is -2.15. The first-order chi connectivity index (χ1) is 6.59. The Morgan fingerprint density at radius 1 is 1.36 bits per heavy atom. The third kappa shape index (κ3) is 3.32. The number of nitrogens with zero attached hydrogens (tertiary/aromatic N) is 1. The van der Waals surface area contributed by atoms with Crippen molar-refractivity contribution >= 4 is 17.3 Å². The van der Waals surface area contributed by atoms with Gasteiger partial charge in [0.2, 0.25) is 0 Å². The highest BCUT2D eigenvalue weighted by atomic mass is 32.1. The van der Waals surface area contributed by atoms with Gasteiger partial charge in [-0.2, -0.15) is 0 Å². The highest BCUT2D eigenvalue weighted by Gasteiger charge is 2.00. The minimum Gasteiger partial charge on any atom is -0.375 e. The Morgan fingerprint density at radius 3 is 2.43 bits per heavy atom. The molecule has 3 nitrogen and oxygen atoms in total. The van der Waals surface area contributed by atoms with Gasteiger partial charge in [-0.05, 0) is 31.1 Å². The topological polar surface area (TPSA) is 55.3 Å². The van der Waals surface area contributed by atoms with Gasteiger partial charge in [0, 0.05) is 6.54 Å². The van der Waals surface area contributed by atoms with Crippen molar-refractivity contribution in [2.24, 2.45) is 11.6 Å². The molecule has 4 N–H and O–H groups in total. The highest BCUT2D eigenvalue weighted by molar-refractivity contribution is 7.80. The van der Waals surface area contributed by atoms with Crippen LogP contribution in [0.5, 0.6) is 0 Å². The quantitative estimate of drug-likeness (QED) is 0.442. The van der Waals surface area contributed by atoms with E-state index in [9.17, 15) is 0 Å². The van der Waals surface area contributed by atoms with E-state index in [1.807, 2.05) is 0 Å². The lowest BCUT2D eigenvalue weighted by Crippen LogP contribution is -2.42. The van der Waals surface area contributed by atoms with Gasteiger partial charge in [-0.1, -0.05) is 29.8 Å². The fourth-order valence-electron chi connectivity index (χ4n) is 1.11. The monoisotopic (exact) mass is 209 g/mol. The van der Waals surface area contributed by atoms with E-state index in [1.165, 1.54) is 16.1 Å². The van der Waals surface area contributed by atoms with E-state index in [4.69, 9.17) is 23.8 Å². The second kappa shape index (κ2) is 4.93. The number of hydrazine groups is 1. The van der Waals surface area contributed by atoms with Crippen molar-refractivity contribution in [2.75, 3.05) is 6.54 Å². The zero-order valence-corrected chi connectivity index (χ0v) is 9.05. The van der Waals surface area contributed by atoms with Crippen LogP contribution in [-0.4, -0.2) is 16.7 Å². The predicted octanol–water partition coefficient (Wildman–Crippen LogP) is 0.957. The predicted molar refractivity (Wildman–Crippen MR) is 62.6 cm³/mol. The maximum Gasteiger partial charge on any atom is 0.180 e. The molecule has 1 aromatic carbocycles. The Bertz CT molecular complexity index is 308. The second-order valence-corrected chi connectivity index (χ2v) is 3.69. The molecule has 0 radical (unpaired) electrons. The average Bonchev–Trinajstić information content (AvgIpc) is 2.16. The summed E-state index contributed by atoms with van der Waals surface area (Å²) in [5.41, 5.74) is 7.85. The molecule has 0 bridgehead atoms. The van der Waals surface area contributed by atoms with E-state index >= 15 is 0 Å². The number of aryl methyl sites for hydroxylation is 1. The molecule has 0 fully saturated rings. The van der Waals surface area contributed by atoms with Crippen molar-refractivity contribution in [3.05, 3.63) is 35.4 Å². The molecule has 1 aromatic rings. The Hall–Kier alpha value is -1.13. The number of hydrogen-bond acceptors (Lipinski definition) is 2. The summed E-state index contributed by atoms with van der Waals surface area (Å²) in [6.07, 6.45) is 0.855. The summed E-state index contributed by atoms with van der Waals surface area (Å²) >= 11 is 4.73. The number of benzene rings is 1. The number of thiocarbonyl (C=S) groups is 1. The molecule has 0 amide bonds. The van der Waals surface area contributed by atoms with Crippen LogP contribution in [0.15, 0.2) is 24.3 Å². The highest BCUT2D eigenvalue weighted by Crippen LogP contribution is 2.03. The normalized spacial score (nSPS) is 9.86. The van der Waals surface area contributed by atoms with Crippen LogP contribution in [-0.2, 0) is 6.42 Å². The molecular weight excluding hydrogens is 194 g/mol. The Morgan fingerprint density at radius 2 is 1.93 bits per heavy atom. The van der Waals surface area contributed by atoms with Gasteiger partial charge in [-0.25, -0.2) is 5.84 Å². The Labute approximate surface area is 89.7 Å². The first kappa shape index (κ1) is 10.9. The van der Waals surface area contributed by atoms with E-state index in [0.717, 1.165) is 6.42 Å². The van der Waals surface area contributed by atoms with Crippen LogP contribution in [0.1, 0.15) is 11.1 Å². The van der Waals surface area contributed by atoms with Crippen LogP contribution < -0.4 is 11.6 Å². The van der Waals surface area contributed by atoms with Crippen molar-refractivity contribution in [1.29, 1.82) is 0 Å². The molecule has 0 saturated carbocycles. The number of nitrogens with two attached hydrogens (primary N) is 2. The van der Waals surface area contributed by atoms with Gasteiger partial charge >= 0.3 is 0 Å². The van der Waals surface area contributed by atoms with E-state index in [1.54, 1.807) is 0 Å². The molecule has 14 heavy (non-hydrogen) atoms. The third-order valence-corrected chi connectivity index (χ3v) is 2.28. The Balaban J connectivity index is 2.46. The van der Waals surface area contributed by atoms with Crippen LogP contribution in [0.25, 0.3) is 0 Å². The average molecular weight is 209 g/mol. The summed E-state index contributed by atoms with van der Waals surface area (Å²) in [7, 11) is 0. The largest absolute Gasteiger partial charge is 0.375 e. The van der Waals surface area contributed by atoms with Crippen molar-refractivity contribution < 1.29 is 0 Å². The molecule has 0 atom stereocenters. The first-order valence-corrected chi connectivity index (χ1v) is 4.87. The molecule has 0 aliphatic heterocycles. The second-order valence-electron chi connectivity index (χ2n) is 3.27. The smallest absolute Gasteiger partial charge is 0.180 e. The van der Waals surface area contributed by atoms with Crippen molar-refractivity contribution in [3.63, 3.8) is 0 Å². The maximum absolute atomic E-state index is 5.56. The first-order valence-electron chi connectivity index (χ1n) is 4.47. The van der Waals surface area contributed by atoms with E-state index < -0.39 is 0 Å². The molecule has 0 spiro atoms. The Kier molecular flexibility index (Phi) is 3.85. The minimum absolute atomic E-state index is 0.233. The fourth-order valence-corrected chi connectivity index (χ4v) is 1.21. The van der Waals surface area contributed by atoms with Crippen LogP contribution in [0.2, 0.25) is 0 Å². The lowest BCUT2D eigenvalue weighted by molar-refractivity contribution is 0.447. The molecule has 1 rings (SSSR count). The molecule has 76 valence electrons. The van der Waals surface area contributed by atoms with Crippen LogP contribution in [0.3, 0.4) is 0 Å². The van der Waals surface area contributed by atoms with Crippen LogP contribution in [0, 0.1) is 6.92 Å². The lowest BCUT2D eigenvalue weighted by atomic mass is 10.1. The summed E-state index contributed by atoms with van der Waals surface area (Å²) in [5, 5.41) is 1.62. The summed E-state index contributed by atoms with van der Waals surface area (Å²) in [6.45, 7) is 2.71. The summed E-state index contributed by atoms with van der Waals surface area (Å²) in [6, 6.07) is 8.33. The van der Waals surface area contributed by atoms with Crippen molar-refractivity contribution in [3.8, 4) is 0 Å². The zero-order valence-electron chi connectivity index (χ0n) is 8.23. The van der Waals surface area contributed by atoms with Gasteiger partial charge in [0.1, 0.15) is 0 Å². The van der Waals surface area contributed by atoms with Gasteiger partial charge in [0.05, 0.1) is 0 Å². The number of hydrogen-bond donors (Lipinski definition) is 2. The van der Waals surface area contributed by atoms with E-state index in [0.29, 0.717) is 6.54 Å². The number of rotatable bonds is 3. The molecular formula is C10H15N3S. The van der Waals surface area contributed by atoms with Gasteiger partial charge < -0.3 is 5.73 Å². The van der Waals surface area contributed by atoms with E-state index in [-0.39, 0.29) is 5.11 Å². The van der Waals surface area contributed by atoms with Crippen molar-refractivity contribution in [2.45, 2.75) is 13.3 Å². The standard InChI is InChI=1S/C10H15N3S/c1-8-2-4-9(5-3-8)6-7-13(12)10(11)14/h2-5H,6-7,12H2,1H3,(H2,11,14). The van der Waals surface area contributed by atoms with Gasteiger partial charge in [0.25, 0.3) is 0 Å². The summed E-state index contributed by atoms with van der Waals surface area (Å²) in [5.74, 6) is 5.56. The molecule has 0 aromatic heterocycles. The summed E-state index contributed by atoms with van der Waals surface area (Å²) < 4.78 is 0. The van der Waals surface area contributed by atoms with Gasteiger partial charge in [-0.15, -0.1) is 0 Å². The summed E-state index contributed by atoms with van der Waals surface area (Å²) in [4.78, 5) is 0. The minimum atomic E-state index is 0.233. The van der Waals surface area contributed by atoms with Crippen LogP contribution in [0.4, 0.5) is 0 Å². The molecule has 0 saturated heterocycles. The molecule has 0 heterocycles. The maximum atomic E-state index is 5.56.